The summed E-state index contributed by atoms with van der Waals surface area (Å²) in [5, 5.41) is 10.7. The molecule has 8 nitrogen and oxygen atoms in total. The molecule has 2 N–H and O–H groups in total. The second kappa shape index (κ2) is 10.5. The fraction of sp³-hybridized carbons (Fsp3) is 0.550. The molecule has 1 aromatic rings. The van der Waals surface area contributed by atoms with Gasteiger partial charge in [-0.3, -0.25) is 14.4 Å². The monoisotopic (exact) mass is 425 g/mol. The number of piperidine rings is 1. The van der Waals surface area contributed by atoms with E-state index < -0.39 is 5.41 Å². The normalized spacial score (nSPS) is 20.1. The minimum Gasteiger partial charge on any atom is -0.483 e. The molecule has 1 aromatic carbocycles. The van der Waals surface area contributed by atoms with E-state index in [1.54, 1.807) is 12.1 Å². The summed E-state index contributed by atoms with van der Waals surface area (Å²) in [5.41, 5.74) is 0.461. The molecule has 0 radical (unpaired) electrons. The molecule has 1 unspecified atom stereocenters. The maximum atomic E-state index is 12.4. The van der Waals surface area contributed by atoms with Gasteiger partial charge in [-0.1, -0.05) is 11.6 Å². The molecule has 160 valence electrons. The third kappa shape index (κ3) is 6.33. The van der Waals surface area contributed by atoms with Crippen molar-refractivity contribution in [2.75, 3.05) is 45.6 Å². The highest BCUT2D eigenvalue weighted by Gasteiger charge is 2.50. The molecule has 2 fully saturated rings. The third-order valence-corrected chi connectivity index (χ3v) is 5.51. The zero-order valence-corrected chi connectivity index (χ0v) is 17.5. The third-order valence-electron chi connectivity index (χ3n) is 5.26. The zero-order chi connectivity index (χ0) is 21.4. The fourth-order valence-corrected chi connectivity index (χ4v) is 3.92. The molecule has 0 aliphatic carbocycles. The lowest BCUT2D eigenvalue weighted by Gasteiger charge is -2.36. The van der Waals surface area contributed by atoms with Gasteiger partial charge in [0.25, 0.3) is 6.47 Å². The van der Waals surface area contributed by atoms with Gasteiger partial charge in [0.15, 0.2) is 0 Å². The molecule has 1 amide bonds. The molecule has 0 bridgehead atoms. The number of hydrogen-bond acceptors (Lipinski definition) is 6. The summed E-state index contributed by atoms with van der Waals surface area (Å²) in [6.45, 7) is 1.94. The first-order valence-corrected chi connectivity index (χ1v) is 9.88. The Labute approximate surface area is 175 Å². The van der Waals surface area contributed by atoms with Crippen LogP contribution in [0.1, 0.15) is 19.3 Å². The van der Waals surface area contributed by atoms with Crippen LogP contribution in [0.2, 0.25) is 5.02 Å². The first-order chi connectivity index (χ1) is 13.8. The first-order valence-electron chi connectivity index (χ1n) is 9.50. The molecule has 0 saturated carbocycles. The van der Waals surface area contributed by atoms with Crippen molar-refractivity contribution in [1.29, 1.82) is 0 Å². The Balaban J connectivity index is 0.000000941. The zero-order valence-electron chi connectivity index (χ0n) is 16.8. The molecule has 2 heterocycles. The second-order valence-corrected chi connectivity index (χ2v) is 8.06. The highest BCUT2D eigenvalue weighted by Crippen LogP contribution is 2.43. The van der Waals surface area contributed by atoms with E-state index in [9.17, 15) is 9.59 Å². The number of carboxylic acid groups (broad SMARTS) is 1. The summed E-state index contributed by atoms with van der Waals surface area (Å²) in [7, 11) is 3.96. The van der Waals surface area contributed by atoms with Crippen LogP contribution in [0.5, 0.6) is 0 Å². The van der Waals surface area contributed by atoms with E-state index in [0.717, 1.165) is 18.7 Å². The maximum Gasteiger partial charge on any atom is 0.312 e. The number of esters is 1. The van der Waals surface area contributed by atoms with Crippen molar-refractivity contribution < 1.29 is 24.2 Å². The van der Waals surface area contributed by atoms with Crippen LogP contribution in [0, 0.1) is 5.41 Å². The van der Waals surface area contributed by atoms with Crippen LogP contribution in [0.4, 0.5) is 5.69 Å². The van der Waals surface area contributed by atoms with Crippen molar-refractivity contribution in [3.63, 3.8) is 0 Å². The number of cyclic esters (lactones) is 1. The van der Waals surface area contributed by atoms with E-state index in [-0.39, 0.29) is 31.0 Å². The lowest BCUT2D eigenvalue weighted by molar-refractivity contribution is -0.152. The number of carbonyl (C=O) groups is 3. The largest absolute Gasteiger partial charge is 0.483 e. The van der Waals surface area contributed by atoms with Crippen LogP contribution in [0.25, 0.3) is 0 Å². The van der Waals surface area contributed by atoms with Crippen LogP contribution in [0.15, 0.2) is 24.3 Å². The first kappa shape index (κ1) is 23.0. The summed E-state index contributed by atoms with van der Waals surface area (Å²) in [6.07, 6.45) is 2.09. The van der Waals surface area contributed by atoms with Crippen molar-refractivity contribution in [3.8, 4) is 0 Å². The van der Waals surface area contributed by atoms with Gasteiger partial charge in [0, 0.05) is 36.8 Å². The Morgan fingerprint density at radius 1 is 1.34 bits per heavy atom. The topological polar surface area (TPSA) is 99.2 Å². The molecule has 1 atom stereocenters. The van der Waals surface area contributed by atoms with Gasteiger partial charge in [-0.05, 0) is 51.2 Å². The summed E-state index contributed by atoms with van der Waals surface area (Å²) in [5.74, 6) is -0.0401. The predicted octanol–water partition coefficient (Wildman–Crippen LogP) is 1.94. The number of ether oxygens (including phenoxy) is 1. The smallest absolute Gasteiger partial charge is 0.312 e. The average Bonchev–Trinajstić information content (AvgIpc) is 2.96. The van der Waals surface area contributed by atoms with Crippen LogP contribution >= 0.6 is 11.6 Å². The van der Waals surface area contributed by atoms with Gasteiger partial charge in [-0.25, -0.2) is 0 Å². The standard InChI is InChI=1S/C19H26ClN3O3.CH2O2/c1-22(2)13-16-11-19(18(25)26-16)7-9-23(10-8-19)17(24)12-21-15-5-3-14(20)4-6-15;2-1-3/h3-6,16,21H,7-13H2,1-2H3;1H,(H,2,3). The lowest BCUT2D eigenvalue weighted by atomic mass is 9.76. The number of anilines is 1. The number of amides is 1. The quantitative estimate of drug-likeness (QED) is 0.549. The van der Waals surface area contributed by atoms with Crippen LogP contribution < -0.4 is 5.32 Å². The van der Waals surface area contributed by atoms with E-state index in [1.165, 1.54) is 0 Å². The van der Waals surface area contributed by atoms with Crippen molar-refractivity contribution >= 4 is 35.6 Å². The molecule has 2 saturated heterocycles. The highest BCUT2D eigenvalue weighted by molar-refractivity contribution is 6.30. The van der Waals surface area contributed by atoms with E-state index >= 15 is 0 Å². The Morgan fingerprint density at radius 3 is 2.48 bits per heavy atom. The summed E-state index contributed by atoms with van der Waals surface area (Å²) < 4.78 is 5.57. The summed E-state index contributed by atoms with van der Waals surface area (Å²) >= 11 is 5.86. The van der Waals surface area contributed by atoms with Crippen molar-refractivity contribution in [2.45, 2.75) is 25.4 Å². The summed E-state index contributed by atoms with van der Waals surface area (Å²) in [4.78, 5) is 37.1. The Morgan fingerprint density at radius 2 is 1.93 bits per heavy atom. The minimum absolute atomic E-state index is 0.0358. The van der Waals surface area contributed by atoms with Crippen LogP contribution in [-0.4, -0.2) is 79.6 Å². The maximum absolute atomic E-state index is 12.4. The molecule has 2 aliphatic rings. The van der Waals surface area contributed by atoms with Crippen LogP contribution in [0.3, 0.4) is 0 Å². The Hall–Kier alpha value is -2.32. The Bertz CT molecular complexity index is 703. The van der Waals surface area contributed by atoms with Crippen molar-refractivity contribution in [3.05, 3.63) is 29.3 Å². The van der Waals surface area contributed by atoms with Crippen molar-refractivity contribution in [1.82, 2.24) is 9.80 Å². The lowest BCUT2D eigenvalue weighted by Crippen LogP contribution is -2.46. The predicted molar refractivity (Wildman–Crippen MR) is 110 cm³/mol. The number of nitrogens with zero attached hydrogens (tertiary/aromatic N) is 2. The van der Waals surface area contributed by atoms with Gasteiger partial charge in [0.1, 0.15) is 6.10 Å². The summed E-state index contributed by atoms with van der Waals surface area (Å²) in [6, 6.07) is 7.27. The number of benzene rings is 1. The molecule has 0 aromatic heterocycles. The SMILES string of the molecule is CN(C)CC1CC2(CCN(C(=O)CNc3ccc(Cl)cc3)CC2)C(=O)O1.O=CO. The van der Waals surface area contributed by atoms with Gasteiger partial charge < -0.3 is 25.0 Å². The van der Waals surface area contributed by atoms with Crippen molar-refractivity contribution in [2.24, 2.45) is 5.41 Å². The number of hydrogen-bond donors (Lipinski definition) is 2. The number of likely N-dealkylation sites (tertiary alicyclic amines) is 1. The number of likely N-dealkylation sites (N-methyl/N-ethyl adjacent to an activating group) is 1. The number of nitrogens with one attached hydrogen (secondary N) is 1. The Kier molecular flexibility index (Phi) is 8.28. The minimum atomic E-state index is -0.402. The van der Waals surface area contributed by atoms with E-state index in [2.05, 4.69) is 5.32 Å². The van der Waals surface area contributed by atoms with Gasteiger partial charge in [-0.15, -0.1) is 0 Å². The second-order valence-electron chi connectivity index (χ2n) is 7.62. The highest BCUT2D eigenvalue weighted by atomic mass is 35.5. The number of halogens is 1. The van der Waals surface area contributed by atoms with E-state index in [1.807, 2.05) is 36.0 Å². The molecule has 29 heavy (non-hydrogen) atoms. The van der Waals surface area contributed by atoms with E-state index in [4.69, 9.17) is 26.2 Å². The molecule has 2 aliphatic heterocycles. The van der Waals surface area contributed by atoms with E-state index in [0.29, 0.717) is 31.0 Å². The van der Waals surface area contributed by atoms with Gasteiger partial charge >= 0.3 is 5.97 Å². The molecular weight excluding hydrogens is 398 g/mol. The van der Waals surface area contributed by atoms with Crippen LogP contribution in [-0.2, 0) is 19.1 Å². The molecule has 9 heteroatoms. The number of rotatable bonds is 5. The molecular formula is C20H28ClN3O5. The van der Waals surface area contributed by atoms with Gasteiger partial charge in [-0.2, -0.15) is 0 Å². The molecule has 3 rings (SSSR count). The average molecular weight is 426 g/mol. The fourth-order valence-electron chi connectivity index (χ4n) is 3.80. The van der Waals surface area contributed by atoms with Gasteiger partial charge in [0.2, 0.25) is 5.91 Å². The van der Waals surface area contributed by atoms with Gasteiger partial charge in [0.05, 0.1) is 12.0 Å². The number of carbonyl (C=O) groups excluding carboxylic acids is 2. The molecule has 1 spiro atoms.